The Morgan fingerprint density at radius 3 is 2.15 bits per heavy atom. The summed E-state index contributed by atoms with van der Waals surface area (Å²) < 4.78 is 0. The van der Waals surface area contributed by atoms with Crippen molar-refractivity contribution in [3.8, 4) is 22.3 Å². The maximum Gasteiger partial charge on any atom is 0.134 e. The lowest BCUT2D eigenvalue weighted by molar-refractivity contribution is -0.116. The van der Waals surface area contributed by atoms with E-state index in [1.54, 1.807) is 6.92 Å². The van der Waals surface area contributed by atoms with Gasteiger partial charge >= 0.3 is 0 Å². The average molecular weight is 258 g/mol. The fourth-order valence-electron chi connectivity index (χ4n) is 3.29. The number of Topliss-reactive ketones (excluding diaryl/α,β-unsaturated/α-hetero) is 1. The highest BCUT2D eigenvalue weighted by Gasteiger charge is 2.21. The van der Waals surface area contributed by atoms with Crippen molar-refractivity contribution < 1.29 is 4.79 Å². The van der Waals surface area contributed by atoms with E-state index in [9.17, 15) is 4.79 Å². The molecule has 0 spiro atoms. The third-order valence-electron chi connectivity index (χ3n) is 4.08. The van der Waals surface area contributed by atoms with Gasteiger partial charge in [-0.3, -0.25) is 4.79 Å². The largest absolute Gasteiger partial charge is 0.300 e. The van der Waals surface area contributed by atoms with E-state index >= 15 is 0 Å². The zero-order valence-electron chi connectivity index (χ0n) is 11.3. The van der Waals surface area contributed by atoms with Gasteiger partial charge in [0, 0.05) is 6.42 Å². The molecule has 1 heteroatoms. The van der Waals surface area contributed by atoms with E-state index in [4.69, 9.17) is 0 Å². The molecule has 0 unspecified atom stereocenters. The van der Waals surface area contributed by atoms with Crippen molar-refractivity contribution in [2.75, 3.05) is 0 Å². The molecule has 4 rings (SSSR count). The number of carbonyl (C=O) groups excluding carboxylic acids is 1. The quantitative estimate of drug-likeness (QED) is 0.513. The van der Waals surface area contributed by atoms with E-state index in [0.29, 0.717) is 6.42 Å². The van der Waals surface area contributed by atoms with Crippen molar-refractivity contribution in [1.82, 2.24) is 0 Å². The van der Waals surface area contributed by atoms with Crippen LogP contribution in [0, 0.1) is 0 Å². The predicted octanol–water partition coefficient (Wildman–Crippen LogP) is 4.62. The normalized spacial score (nSPS) is 11.7. The second-order valence-corrected chi connectivity index (χ2v) is 5.42. The van der Waals surface area contributed by atoms with Gasteiger partial charge in [-0.1, -0.05) is 54.6 Å². The van der Waals surface area contributed by atoms with Crippen LogP contribution in [0.3, 0.4) is 0 Å². The Hall–Kier alpha value is -2.41. The van der Waals surface area contributed by atoms with E-state index in [0.717, 1.165) is 5.56 Å². The Labute approximate surface area is 117 Å². The summed E-state index contributed by atoms with van der Waals surface area (Å²) in [5.41, 5.74) is 6.31. The van der Waals surface area contributed by atoms with Crippen LogP contribution < -0.4 is 0 Å². The van der Waals surface area contributed by atoms with Crippen LogP contribution in [0.25, 0.3) is 33.0 Å². The third-order valence-corrected chi connectivity index (χ3v) is 4.08. The molecule has 0 heterocycles. The van der Waals surface area contributed by atoms with Gasteiger partial charge in [-0.05, 0) is 45.5 Å². The number of carbonyl (C=O) groups is 1. The monoisotopic (exact) mass is 258 g/mol. The van der Waals surface area contributed by atoms with Crippen LogP contribution in [0.1, 0.15) is 12.5 Å². The first-order valence-corrected chi connectivity index (χ1v) is 6.89. The molecule has 0 aromatic heterocycles. The number of hydrogen-bond acceptors (Lipinski definition) is 1. The maximum atomic E-state index is 11.5. The predicted molar refractivity (Wildman–Crippen MR) is 82.8 cm³/mol. The summed E-state index contributed by atoms with van der Waals surface area (Å²) >= 11 is 0. The van der Waals surface area contributed by atoms with Crippen molar-refractivity contribution >= 4 is 16.6 Å². The highest BCUT2D eigenvalue weighted by molar-refractivity contribution is 6.16. The number of rotatable bonds is 2. The first-order chi connectivity index (χ1) is 9.75. The molecule has 1 aliphatic carbocycles. The summed E-state index contributed by atoms with van der Waals surface area (Å²) in [4.78, 5) is 11.5. The van der Waals surface area contributed by atoms with Crippen molar-refractivity contribution in [1.29, 1.82) is 0 Å². The molecule has 3 aromatic carbocycles. The van der Waals surface area contributed by atoms with Crippen LogP contribution in [-0.4, -0.2) is 5.78 Å². The van der Waals surface area contributed by atoms with Crippen LogP contribution in [0.5, 0.6) is 0 Å². The van der Waals surface area contributed by atoms with E-state index < -0.39 is 0 Å². The number of benzene rings is 3. The Kier molecular flexibility index (Phi) is 2.31. The molecule has 3 aromatic rings. The lowest BCUT2D eigenvalue weighted by Crippen LogP contribution is -1.97. The molecule has 0 saturated carbocycles. The van der Waals surface area contributed by atoms with Crippen molar-refractivity contribution in [2.45, 2.75) is 13.3 Å². The minimum atomic E-state index is 0.209. The molecule has 0 saturated heterocycles. The molecule has 20 heavy (non-hydrogen) atoms. The minimum Gasteiger partial charge on any atom is -0.300 e. The minimum absolute atomic E-state index is 0.209. The molecule has 0 aliphatic heterocycles. The van der Waals surface area contributed by atoms with Crippen LogP contribution in [0.4, 0.5) is 0 Å². The number of ketones is 1. The Balaban J connectivity index is 2.10. The summed E-state index contributed by atoms with van der Waals surface area (Å²) in [7, 11) is 0. The van der Waals surface area contributed by atoms with Gasteiger partial charge in [0.25, 0.3) is 0 Å². The van der Waals surface area contributed by atoms with Gasteiger partial charge in [-0.25, -0.2) is 0 Å². The maximum absolute atomic E-state index is 11.5. The average Bonchev–Trinajstić information content (AvgIpc) is 2.78. The third kappa shape index (κ3) is 1.47. The topological polar surface area (TPSA) is 17.1 Å². The zero-order valence-corrected chi connectivity index (χ0v) is 11.3. The van der Waals surface area contributed by atoms with Crippen LogP contribution in [-0.2, 0) is 11.2 Å². The second kappa shape index (κ2) is 4.04. The van der Waals surface area contributed by atoms with Gasteiger partial charge < -0.3 is 0 Å². The summed E-state index contributed by atoms with van der Waals surface area (Å²) in [5, 5.41) is 2.51. The van der Waals surface area contributed by atoms with Crippen LogP contribution >= 0.6 is 0 Å². The van der Waals surface area contributed by atoms with E-state index in [2.05, 4.69) is 54.6 Å². The van der Waals surface area contributed by atoms with Crippen LogP contribution in [0.2, 0.25) is 0 Å². The van der Waals surface area contributed by atoms with E-state index in [1.165, 1.54) is 33.0 Å². The first kappa shape index (κ1) is 11.4. The number of fused-ring (bicyclic) bond motifs is 3. The number of hydrogen-bond donors (Lipinski definition) is 0. The molecular formula is C19H14O. The lowest BCUT2D eigenvalue weighted by Gasteiger charge is -2.07. The molecule has 1 nitrogen and oxygen atoms in total. The van der Waals surface area contributed by atoms with Gasteiger partial charge in [0.15, 0.2) is 0 Å². The fourth-order valence-corrected chi connectivity index (χ4v) is 3.29. The fraction of sp³-hybridized carbons (Fsp3) is 0.105. The zero-order chi connectivity index (χ0) is 13.7. The standard InChI is InChI=1S/C19H14O/c1-12(20)11-13-9-10-18-16-6-3-2-5-15(16)17-8-4-7-14(13)19(17)18/h2-10H,11H2,1H3. The molecule has 0 atom stereocenters. The van der Waals surface area contributed by atoms with E-state index in [1.807, 2.05) is 0 Å². The van der Waals surface area contributed by atoms with Gasteiger partial charge in [0.2, 0.25) is 0 Å². The van der Waals surface area contributed by atoms with Gasteiger partial charge in [-0.15, -0.1) is 0 Å². The van der Waals surface area contributed by atoms with Crippen molar-refractivity contribution in [3.05, 3.63) is 60.2 Å². The van der Waals surface area contributed by atoms with Gasteiger partial charge in [0.05, 0.1) is 0 Å². The molecule has 96 valence electrons. The molecule has 0 N–H and O–H groups in total. The lowest BCUT2D eigenvalue weighted by atomic mass is 9.96. The summed E-state index contributed by atoms with van der Waals surface area (Å²) in [6, 6.07) is 19.2. The highest BCUT2D eigenvalue weighted by atomic mass is 16.1. The first-order valence-electron chi connectivity index (χ1n) is 6.89. The molecule has 0 amide bonds. The Morgan fingerprint density at radius 2 is 1.45 bits per heavy atom. The summed E-state index contributed by atoms with van der Waals surface area (Å²) in [5.74, 6) is 0.209. The van der Waals surface area contributed by atoms with E-state index in [-0.39, 0.29) is 5.78 Å². The van der Waals surface area contributed by atoms with Crippen molar-refractivity contribution in [2.24, 2.45) is 0 Å². The van der Waals surface area contributed by atoms with Gasteiger partial charge in [-0.2, -0.15) is 0 Å². The van der Waals surface area contributed by atoms with Gasteiger partial charge in [0.1, 0.15) is 5.78 Å². The van der Waals surface area contributed by atoms with Crippen LogP contribution in [0.15, 0.2) is 54.6 Å². The summed E-state index contributed by atoms with van der Waals surface area (Å²) in [6.45, 7) is 1.65. The van der Waals surface area contributed by atoms with Crippen molar-refractivity contribution in [3.63, 3.8) is 0 Å². The molecule has 0 radical (unpaired) electrons. The molecular weight excluding hydrogens is 244 g/mol. The smallest absolute Gasteiger partial charge is 0.134 e. The second-order valence-electron chi connectivity index (χ2n) is 5.42. The Bertz CT molecular complexity index is 830. The molecule has 0 bridgehead atoms. The molecule has 1 aliphatic rings. The Morgan fingerprint density at radius 1 is 0.800 bits per heavy atom. The highest BCUT2D eigenvalue weighted by Crippen LogP contribution is 2.47. The summed E-state index contributed by atoms with van der Waals surface area (Å²) in [6.07, 6.45) is 0.510. The molecule has 0 fully saturated rings. The SMILES string of the molecule is CC(=O)Cc1ccc2c3c(cccc13)-c1ccccc1-2.